The van der Waals surface area contributed by atoms with Crippen LogP contribution >= 0.6 is 0 Å². The smallest absolute Gasteiger partial charge is 0.877 e. The predicted molar refractivity (Wildman–Crippen MR) is 40.0 cm³/mol. The van der Waals surface area contributed by atoms with Crippen LogP contribution in [0.5, 0.6) is 0 Å². The van der Waals surface area contributed by atoms with Crippen molar-refractivity contribution < 1.29 is 39.1 Å². The van der Waals surface area contributed by atoms with Crippen molar-refractivity contribution in [2.75, 3.05) is 0 Å². The zero-order valence-electron chi connectivity index (χ0n) is 7.12. The Kier molecular flexibility index (Phi) is 5.40. The van der Waals surface area contributed by atoms with Gasteiger partial charge in [0, 0.05) is 5.57 Å². The Labute approximate surface area is 97.6 Å². The molecule has 2 nitrogen and oxygen atoms in total. The first kappa shape index (κ1) is 12.2. The van der Waals surface area contributed by atoms with Gasteiger partial charge in [0.1, 0.15) is 5.82 Å². The minimum atomic E-state index is -0.456. The molecular weight excluding hydrogens is 180 g/mol. The summed E-state index contributed by atoms with van der Waals surface area (Å²) in [6.45, 7) is 0. The molecule has 0 N–H and O–H groups in total. The minimum absolute atomic E-state index is 0. The molecule has 0 amide bonds. The van der Waals surface area contributed by atoms with E-state index in [1.54, 1.807) is 6.07 Å². The SMILES string of the molecule is N#C/C(=C\[O-])c1cccc(F)c1.[Na+]. The van der Waals surface area contributed by atoms with Gasteiger partial charge in [-0.1, -0.05) is 12.1 Å². The topological polar surface area (TPSA) is 46.8 Å². The van der Waals surface area contributed by atoms with Gasteiger partial charge >= 0.3 is 29.6 Å². The van der Waals surface area contributed by atoms with Crippen molar-refractivity contribution in [3.8, 4) is 6.07 Å². The van der Waals surface area contributed by atoms with Crippen molar-refractivity contribution in [1.29, 1.82) is 5.26 Å². The maximum atomic E-state index is 12.6. The molecule has 0 heterocycles. The van der Waals surface area contributed by atoms with Gasteiger partial charge in [0.05, 0.1) is 6.07 Å². The van der Waals surface area contributed by atoms with Crippen LogP contribution in [-0.4, -0.2) is 0 Å². The molecule has 1 rings (SSSR count). The maximum absolute atomic E-state index is 12.6. The number of halogens is 1. The maximum Gasteiger partial charge on any atom is 1.00 e. The largest absolute Gasteiger partial charge is 1.00 e. The third-order valence-electron chi connectivity index (χ3n) is 1.37. The number of rotatable bonds is 1. The summed E-state index contributed by atoms with van der Waals surface area (Å²) < 4.78 is 12.6. The summed E-state index contributed by atoms with van der Waals surface area (Å²) in [7, 11) is 0. The molecule has 0 bridgehead atoms. The van der Waals surface area contributed by atoms with Crippen LogP contribution in [0.25, 0.3) is 5.57 Å². The van der Waals surface area contributed by atoms with Gasteiger partial charge in [-0.15, -0.1) is 6.26 Å². The van der Waals surface area contributed by atoms with Crippen molar-refractivity contribution in [3.05, 3.63) is 41.9 Å². The zero-order valence-corrected chi connectivity index (χ0v) is 9.12. The van der Waals surface area contributed by atoms with Crippen LogP contribution in [-0.2, 0) is 0 Å². The van der Waals surface area contributed by atoms with E-state index in [4.69, 9.17) is 5.26 Å². The van der Waals surface area contributed by atoms with Crippen molar-refractivity contribution in [2.45, 2.75) is 0 Å². The van der Waals surface area contributed by atoms with Crippen molar-refractivity contribution in [3.63, 3.8) is 0 Å². The first-order chi connectivity index (χ1) is 5.77. The first-order valence-electron chi connectivity index (χ1n) is 3.26. The van der Waals surface area contributed by atoms with Crippen LogP contribution in [0.1, 0.15) is 5.56 Å². The zero-order chi connectivity index (χ0) is 8.97. The molecule has 1 aromatic carbocycles. The molecule has 0 saturated carbocycles. The van der Waals surface area contributed by atoms with E-state index >= 15 is 0 Å². The van der Waals surface area contributed by atoms with Gasteiger partial charge in [-0.05, 0) is 17.7 Å². The van der Waals surface area contributed by atoms with Gasteiger partial charge in [0.15, 0.2) is 0 Å². The number of hydrogen-bond acceptors (Lipinski definition) is 2. The Hall–Kier alpha value is -0.820. The third kappa shape index (κ3) is 3.19. The summed E-state index contributed by atoms with van der Waals surface area (Å²) in [6, 6.07) is 7.04. The fourth-order valence-electron chi connectivity index (χ4n) is 0.815. The molecule has 0 atom stereocenters. The van der Waals surface area contributed by atoms with Crippen LogP contribution in [0.4, 0.5) is 4.39 Å². The van der Waals surface area contributed by atoms with Gasteiger partial charge in [-0.2, -0.15) is 5.26 Å². The fraction of sp³-hybridized carbons (Fsp3) is 0. The Balaban J connectivity index is 0.00000144. The van der Waals surface area contributed by atoms with Crippen LogP contribution in [0.15, 0.2) is 30.5 Å². The first-order valence-corrected chi connectivity index (χ1v) is 3.26. The molecule has 0 radical (unpaired) electrons. The molecule has 4 heteroatoms. The Morgan fingerprint density at radius 2 is 2.23 bits per heavy atom. The number of nitriles is 1. The summed E-state index contributed by atoms with van der Waals surface area (Å²) in [5.41, 5.74) is 0.252. The molecule has 0 aliphatic heterocycles. The minimum Gasteiger partial charge on any atom is -0.877 e. The molecule has 0 aliphatic carbocycles. The van der Waals surface area contributed by atoms with E-state index in [2.05, 4.69) is 0 Å². The van der Waals surface area contributed by atoms with Crippen LogP contribution in [0.3, 0.4) is 0 Å². The Bertz CT molecular complexity index is 357. The Morgan fingerprint density at radius 3 is 2.69 bits per heavy atom. The molecule has 0 aliphatic rings. The normalized spacial score (nSPS) is 10.0. The molecule has 0 spiro atoms. The van der Waals surface area contributed by atoms with Gasteiger partial charge in [-0.3, -0.25) is 0 Å². The number of nitrogens with zero attached hydrogens (tertiary/aromatic N) is 1. The number of benzene rings is 1. The monoisotopic (exact) mass is 185 g/mol. The molecular formula is C9H5FNNaO. The molecule has 0 aromatic heterocycles. The van der Waals surface area contributed by atoms with Gasteiger partial charge in [0.2, 0.25) is 0 Å². The second-order valence-corrected chi connectivity index (χ2v) is 2.15. The molecule has 0 fully saturated rings. The summed E-state index contributed by atoms with van der Waals surface area (Å²) in [5, 5.41) is 18.7. The molecule has 0 saturated heterocycles. The van der Waals surface area contributed by atoms with E-state index in [1.807, 2.05) is 0 Å². The van der Waals surface area contributed by atoms with E-state index in [0.29, 0.717) is 11.8 Å². The quantitative estimate of drug-likeness (QED) is 0.290. The predicted octanol–water partition coefficient (Wildman–Crippen LogP) is -1.95. The van der Waals surface area contributed by atoms with E-state index in [0.717, 1.165) is 6.07 Å². The molecule has 60 valence electrons. The van der Waals surface area contributed by atoms with E-state index in [9.17, 15) is 9.50 Å². The van der Waals surface area contributed by atoms with Gasteiger partial charge < -0.3 is 5.11 Å². The fourth-order valence-corrected chi connectivity index (χ4v) is 0.815. The summed E-state index contributed by atoms with van der Waals surface area (Å²) in [6.07, 6.45) is 0.411. The second-order valence-electron chi connectivity index (χ2n) is 2.15. The molecule has 0 unspecified atom stereocenters. The molecule has 1 aromatic rings. The average molecular weight is 185 g/mol. The molecule has 13 heavy (non-hydrogen) atoms. The summed E-state index contributed by atoms with van der Waals surface area (Å²) in [5.74, 6) is -0.456. The third-order valence-corrected chi connectivity index (χ3v) is 1.37. The van der Waals surface area contributed by atoms with E-state index in [-0.39, 0.29) is 35.1 Å². The van der Waals surface area contributed by atoms with Gasteiger partial charge in [0.25, 0.3) is 0 Å². The van der Waals surface area contributed by atoms with Crippen LogP contribution in [0.2, 0.25) is 0 Å². The summed E-state index contributed by atoms with van der Waals surface area (Å²) in [4.78, 5) is 0. The van der Waals surface area contributed by atoms with Crippen LogP contribution in [0, 0.1) is 17.1 Å². The van der Waals surface area contributed by atoms with Gasteiger partial charge in [-0.25, -0.2) is 4.39 Å². The van der Waals surface area contributed by atoms with Crippen molar-refractivity contribution in [1.82, 2.24) is 0 Å². The van der Waals surface area contributed by atoms with Crippen molar-refractivity contribution >= 4 is 5.57 Å². The van der Waals surface area contributed by atoms with E-state index < -0.39 is 5.82 Å². The summed E-state index contributed by atoms with van der Waals surface area (Å²) >= 11 is 0. The van der Waals surface area contributed by atoms with E-state index in [1.165, 1.54) is 18.2 Å². The average Bonchev–Trinajstić information content (AvgIpc) is 2.07. The number of allylic oxidation sites excluding steroid dienone is 1. The van der Waals surface area contributed by atoms with Crippen molar-refractivity contribution in [2.24, 2.45) is 0 Å². The van der Waals surface area contributed by atoms with Crippen LogP contribution < -0.4 is 34.7 Å². The number of hydrogen-bond donors (Lipinski definition) is 0. The second kappa shape index (κ2) is 5.76. The standard InChI is InChI=1S/C9H6FNO.Na/c10-9-3-1-2-7(4-9)8(5-11)6-12;/h1-4,6,12H;/q;+1/p-1/b8-6+;. The Morgan fingerprint density at radius 1 is 1.54 bits per heavy atom.